The fraction of sp³-hybridized carbons (Fsp3) is 0.0625. The van der Waals surface area contributed by atoms with E-state index in [0.717, 1.165) is 10.3 Å². The van der Waals surface area contributed by atoms with Crippen molar-refractivity contribution in [2.45, 2.75) is 6.61 Å². The van der Waals surface area contributed by atoms with Gasteiger partial charge in [-0.15, -0.1) is 11.3 Å². The van der Waals surface area contributed by atoms with Crippen LogP contribution in [0.25, 0.3) is 10.1 Å². The molecule has 1 heterocycles. The summed E-state index contributed by atoms with van der Waals surface area (Å²) in [5, 5.41) is 10.1. The quantitative estimate of drug-likeness (QED) is 0.749. The van der Waals surface area contributed by atoms with Gasteiger partial charge in [0.25, 0.3) is 0 Å². The Morgan fingerprint density at radius 3 is 2.67 bits per heavy atom. The van der Waals surface area contributed by atoms with E-state index in [4.69, 9.17) is 21.4 Å². The van der Waals surface area contributed by atoms with Crippen LogP contribution in [-0.4, -0.2) is 11.1 Å². The summed E-state index contributed by atoms with van der Waals surface area (Å²) in [5.74, 6) is -0.337. The fourth-order valence-corrected chi connectivity index (χ4v) is 3.34. The molecule has 3 nitrogen and oxygen atoms in total. The molecule has 5 heteroatoms. The molecule has 0 atom stereocenters. The Morgan fingerprint density at radius 1 is 1.19 bits per heavy atom. The molecule has 0 amide bonds. The molecule has 0 unspecified atom stereocenters. The van der Waals surface area contributed by atoms with E-state index in [1.165, 1.54) is 11.3 Å². The monoisotopic (exact) mass is 318 g/mol. The second-order valence-corrected chi connectivity index (χ2v) is 5.91. The summed E-state index contributed by atoms with van der Waals surface area (Å²) >= 11 is 7.28. The zero-order valence-corrected chi connectivity index (χ0v) is 12.4. The Balaban J connectivity index is 1.87. The Hall–Kier alpha value is -2.04. The average Bonchev–Trinajstić information content (AvgIpc) is 2.83. The highest BCUT2D eigenvalue weighted by Crippen LogP contribution is 2.37. The Kier molecular flexibility index (Phi) is 3.82. The van der Waals surface area contributed by atoms with E-state index in [0.29, 0.717) is 17.7 Å². The van der Waals surface area contributed by atoms with Crippen molar-refractivity contribution >= 4 is 39.0 Å². The zero-order valence-electron chi connectivity index (χ0n) is 10.9. The van der Waals surface area contributed by atoms with Crippen LogP contribution in [0.1, 0.15) is 15.2 Å². The smallest absolute Gasteiger partial charge is 0.347 e. The molecule has 1 N–H and O–H groups in total. The van der Waals surface area contributed by atoms with E-state index >= 15 is 0 Å². The van der Waals surface area contributed by atoms with Gasteiger partial charge in [0.1, 0.15) is 17.2 Å². The summed E-state index contributed by atoms with van der Waals surface area (Å²) in [6.45, 7) is 0.458. The summed E-state index contributed by atoms with van der Waals surface area (Å²) in [6.07, 6.45) is 0. The Labute approximate surface area is 130 Å². The predicted octanol–water partition coefficient (Wildman–Crippen LogP) is 4.83. The first-order valence-corrected chi connectivity index (χ1v) is 7.46. The number of rotatable bonds is 4. The summed E-state index contributed by atoms with van der Waals surface area (Å²) < 4.78 is 6.56. The maximum atomic E-state index is 11.1. The molecule has 1 aromatic heterocycles. The lowest BCUT2D eigenvalue weighted by Crippen LogP contribution is -1.94. The van der Waals surface area contributed by atoms with Crippen molar-refractivity contribution in [3.05, 3.63) is 64.0 Å². The Morgan fingerprint density at radius 2 is 1.95 bits per heavy atom. The molecule has 0 radical (unpaired) electrons. The highest BCUT2D eigenvalue weighted by atomic mass is 35.5. The van der Waals surface area contributed by atoms with Crippen LogP contribution < -0.4 is 4.74 Å². The number of fused-ring (bicyclic) bond motifs is 1. The number of hydrogen-bond acceptors (Lipinski definition) is 3. The first-order chi connectivity index (χ1) is 10.1. The lowest BCUT2D eigenvalue weighted by atomic mass is 10.2. The topological polar surface area (TPSA) is 46.5 Å². The third-order valence-corrected chi connectivity index (χ3v) is 4.70. The van der Waals surface area contributed by atoms with Gasteiger partial charge in [-0.1, -0.05) is 41.9 Å². The van der Waals surface area contributed by atoms with Crippen LogP contribution in [0, 0.1) is 0 Å². The third-order valence-electron chi connectivity index (χ3n) is 3.04. The van der Waals surface area contributed by atoms with Gasteiger partial charge in [-0.3, -0.25) is 0 Å². The van der Waals surface area contributed by atoms with E-state index in [2.05, 4.69) is 0 Å². The highest BCUT2D eigenvalue weighted by Gasteiger charge is 2.16. The third kappa shape index (κ3) is 2.86. The number of thiophene rings is 1. The van der Waals surface area contributed by atoms with Gasteiger partial charge < -0.3 is 9.84 Å². The summed E-state index contributed by atoms with van der Waals surface area (Å²) in [7, 11) is 0. The minimum Gasteiger partial charge on any atom is -0.489 e. The number of halogens is 1. The summed E-state index contributed by atoms with van der Waals surface area (Å²) in [5.41, 5.74) is 1.07. The second-order valence-electron chi connectivity index (χ2n) is 4.48. The van der Waals surface area contributed by atoms with Gasteiger partial charge in [0.2, 0.25) is 0 Å². The number of carboxylic acids is 1. The molecule has 0 bridgehead atoms. The SMILES string of the molecule is O=C(O)c1sc2ccc(OCc3ccccc3)cc2c1Cl. The molecule has 0 aliphatic carbocycles. The molecule has 106 valence electrons. The van der Waals surface area contributed by atoms with Crippen LogP contribution in [-0.2, 0) is 6.61 Å². The number of hydrogen-bond donors (Lipinski definition) is 1. The molecule has 21 heavy (non-hydrogen) atoms. The van der Waals surface area contributed by atoms with Crippen LogP contribution in [0.3, 0.4) is 0 Å². The number of ether oxygens (including phenoxy) is 1. The zero-order chi connectivity index (χ0) is 14.8. The van der Waals surface area contributed by atoms with Gasteiger partial charge in [-0.25, -0.2) is 4.79 Å². The molecule has 0 saturated heterocycles. The molecular weight excluding hydrogens is 308 g/mol. The first kappa shape index (κ1) is 13.9. The molecule has 0 spiro atoms. The van der Waals surface area contributed by atoms with Crippen LogP contribution in [0.15, 0.2) is 48.5 Å². The molecule has 0 fully saturated rings. The van der Waals surface area contributed by atoms with Crippen LogP contribution in [0.2, 0.25) is 5.02 Å². The van der Waals surface area contributed by atoms with Crippen molar-refractivity contribution in [1.29, 1.82) is 0 Å². The van der Waals surface area contributed by atoms with Crippen LogP contribution in [0.4, 0.5) is 0 Å². The molecule has 2 aromatic carbocycles. The summed E-state index contributed by atoms with van der Waals surface area (Å²) in [4.78, 5) is 11.2. The minimum atomic E-state index is -1.01. The maximum absolute atomic E-state index is 11.1. The van der Waals surface area contributed by atoms with Crippen molar-refractivity contribution < 1.29 is 14.6 Å². The number of benzene rings is 2. The lowest BCUT2D eigenvalue weighted by Gasteiger charge is -2.06. The fourth-order valence-electron chi connectivity index (χ4n) is 2.01. The number of carboxylic acid groups (broad SMARTS) is 1. The molecule has 3 aromatic rings. The number of carbonyl (C=O) groups is 1. The van der Waals surface area contributed by atoms with Crippen molar-refractivity contribution in [1.82, 2.24) is 0 Å². The minimum absolute atomic E-state index is 0.159. The lowest BCUT2D eigenvalue weighted by molar-refractivity contribution is 0.0702. The second kappa shape index (κ2) is 5.76. The molecule has 0 aliphatic heterocycles. The molecule has 0 aliphatic rings. The molecule has 0 saturated carbocycles. The van der Waals surface area contributed by atoms with Gasteiger partial charge in [-0.05, 0) is 23.8 Å². The van der Waals surface area contributed by atoms with E-state index in [1.807, 2.05) is 42.5 Å². The van der Waals surface area contributed by atoms with Crippen molar-refractivity contribution in [2.75, 3.05) is 0 Å². The van der Waals surface area contributed by atoms with Gasteiger partial charge in [0.15, 0.2) is 0 Å². The van der Waals surface area contributed by atoms with E-state index in [-0.39, 0.29) is 9.90 Å². The molecule has 3 rings (SSSR count). The van der Waals surface area contributed by atoms with Crippen molar-refractivity contribution in [3.8, 4) is 5.75 Å². The van der Waals surface area contributed by atoms with Gasteiger partial charge in [0, 0.05) is 10.1 Å². The van der Waals surface area contributed by atoms with Crippen molar-refractivity contribution in [3.63, 3.8) is 0 Å². The van der Waals surface area contributed by atoms with E-state index in [1.54, 1.807) is 6.07 Å². The van der Waals surface area contributed by atoms with Crippen LogP contribution >= 0.6 is 22.9 Å². The summed E-state index contributed by atoms with van der Waals surface area (Å²) in [6, 6.07) is 15.3. The van der Waals surface area contributed by atoms with Crippen LogP contribution in [0.5, 0.6) is 5.75 Å². The number of aromatic carboxylic acids is 1. The van der Waals surface area contributed by atoms with Crippen molar-refractivity contribution in [2.24, 2.45) is 0 Å². The normalized spacial score (nSPS) is 10.7. The predicted molar refractivity (Wildman–Crippen MR) is 84.6 cm³/mol. The van der Waals surface area contributed by atoms with Gasteiger partial charge >= 0.3 is 5.97 Å². The standard InChI is InChI=1S/C16H11ClO3S/c17-14-12-8-11(20-9-10-4-2-1-3-5-10)6-7-13(12)21-15(14)16(18)19/h1-8H,9H2,(H,18,19). The van der Waals surface area contributed by atoms with E-state index < -0.39 is 5.97 Å². The van der Waals surface area contributed by atoms with E-state index in [9.17, 15) is 4.79 Å². The largest absolute Gasteiger partial charge is 0.489 e. The first-order valence-electron chi connectivity index (χ1n) is 6.27. The molecular formula is C16H11ClO3S. The van der Waals surface area contributed by atoms with Gasteiger partial charge in [0.05, 0.1) is 5.02 Å². The van der Waals surface area contributed by atoms with Gasteiger partial charge in [-0.2, -0.15) is 0 Å². The average molecular weight is 319 g/mol. The Bertz CT molecular complexity index is 796. The maximum Gasteiger partial charge on any atom is 0.347 e. The highest BCUT2D eigenvalue weighted by molar-refractivity contribution is 7.21.